The summed E-state index contributed by atoms with van der Waals surface area (Å²) in [7, 11) is 0. The topological polar surface area (TPSA) is 17.1 Å². The molecule has 1 atom stereocenters. The molecule has 1 aromatic rings. The number of rotatable bonds is 3. The second kappa shape index (κ2) is 3.86. The number of Topliss-reactive ketones (excluding diaryl/α,β-unsaturated/α-hetero) is 1. The van der Waals surface area contributed by atoms with Gasteiger partial charge in [-0.25, -0.2) is 0 Å². The zero-order chi connectivity index (χ0) is 8.97. The quantitative estimate of drug-likeness (QED) is 0.621. The van der Waals surface area contributed by atoms with Gasteiger partial charge in [0, 0.05) is 0 Å². The Morgan fingerprint density at radius 1 is 1.42 bits per heavy atom. The van der Waals surface area contributed by atoms with Gasteiger partial charge in [-0.15, -0.1) is 6.58 Å². The van der Waals surface area contributed by atoms with Crippen LogP contribution >= 0.6 is 0 Å². The Hall–Kier alpha value is -1.37. The molecule has 0 saturated carbocycles. The van der Waals surface area contributed by atoms with Crippen molar-refractivity contribution in [1.29, 1.82) is 0 Å². The van der Waals surface area contributed by atoms with Gasteiger partial charge in [-0.1, -0.05) is 36.4 Å². The number of carbonyl (C=O) groups is 1. The van der Waals surface area contributed by atoms with Gasteiger partial charge in [-0.3, -0.25) is 4.79 Å². The van der Waals surface area contributed by atoms with Crippen molar-refractivity contribution in [2.45, 2.75) is 12.8 Å². The molecular formula is C11H12O. The Balaban J connectivity index is 2.95. The van der Waals surface area contributed by atoms with Crippen molar-refractivity contribution in [2.75, 3.05) is 0 Å². The first-order valence-electron chi connectivity index (χ1n) is 3.93. The van der Waals surface area contributed by atoms with E-state index in [0.717, 1.165) is 5.56 Å². The largest absolute Gasteiger partial charge is 0.299 e. The van der Waals surface area contributed by atoms with E-state index in [1.807, 2.05) is 30.3 Å². The molecule has 0 heterocycles. The van der Waals surface area contributed by atoms with E-state index >= 15 is 0 Å². The smallest absolute Gasteiger partial charge is 0.141 e. The van der Waals surface area contributed by atoms with E-state index in [1.54, 1.807) is 13.0 Å². The zero-order valence-corrected chi connectivity index (χ0v) is 7.16. The Labute approximate surface area is 72.7 Å². The van der Waals surface area contributed by atoms with Crippen molar-refractivity contribution in [3.63, 3.8) is 0 Å². The Kier molecular flexibility index (Phi) is 2.81. The number of hydrogen-bond acceptors (Lipinski definition) is 1. The first kappa shape index (κ1) is 8.72. The third kappa shape index (κ3) is 1.82. The summed E-state index contributed by atoms with van der Waals surface area (Å²) in [5.41, 5.74) is 1.01. The van der Waals surface area contributed by atoms with Crippen LogP contribution < -0.4 is 0 Å². The maximum absolute atomic E-state index is 11.1. The third-order valence-electron chi connectivity index (χ3n) is 1.83. The number of carbonyl (C=O) groups excluding carboxylic acids is 1. The van der Waals surface area contributed by atoms with Crippen LogP contribution in [0.3, 0.4) is 0 Å². The highest BCUT2D eigenvalue weighted by Gasteiger charge is 2.10. The van der Waals surface area contributed by atoms with Crippen LogP contribution in [0.15, 0.2) is 43.0 Å². The van der Waals surface area contributed by atoms with Gasteiger partial charge in [0.25, 0.3) is 0 Å². The Bertz CT molecular complexity index is 274. The van der Waals surface area contributed by atoms with Crippen LogP contribution in [0.4, 0.5) is 0 Å². The molecule has 0 bridgehead atoms. The van der Waals surface area contributed by atoms with E-state index in [2.05, 4.69) is 6.58 Å². The molecule has 0 aliphatic carbocycles. The Morgan fingerprint density at radius 2 is 2.00 bits per heavy atom. The van der Waals surface area contributed by atoms with E-state index in [9.17, 15) is 4.79 Å². The van der Waals surface area contributed by atoms with Crippen LogP contribution in [0.2, 0.25) is 0 Å². The van der Waals surface area contributed by atoms with E-state index in [-0.39, 0.29) is 11.7 Å². The lowest BCUT2D eigenvalue weighted by Crippen LogP contribution is -2.04. The molecule has 0 aromatic heterocycles. The molecule has 1 nitrogen and oxygen atoms in total. The fourth-order valence-electron chi connectivity index (χ4n) is 1.20. The lowest BCUT2D eigenvalue weighted by Gasteiger charge is -2.07. The van der Waals surface area contributed by atoms with Crippen molar-refractivity contribution in [3.8, 4) is 0 Å². The number of hydrogen-bond donors (Lipinski definition) is 0. The SMILES string of the molecule is C=C[C@H](C(C)=O)c1ccccc1. The molecule has 0 spiro atoms. The summed E-state index contributed by atoms with van der Waals surface area (Å²) in [5.74, 6) is -0.0117. The van der Waals surface area contributed by atoms with Gasteiger partial charge < -0.3 is 0 Å². The van der Waals surface area contributed by atoms with E-state index in [4.69, 9.17) is 0 Å². The highest BCUT2D eigenvalue weighted by atomic mass is 16.1. The molecule has 0 aliphatic heterocycles. The fourth-order valence-corrected chi connectivity index (χ4v) is 1.20. The summed E-state index contributed by atoms with van der Waals surface area (Å²) in [5, 5.41) is 0. The highest BCUT2D eigenvalue weighted by Crippen LogP contribution is 2.16. The first-order chi connectivity index (χ1) is 5.75. The van der Waals surface area contributed by atoms with E-state index < -0.39 is 0 Å². The van der Waals surface area contributed by atoms with Gasteiger partial charge >= 0.3 is 0 Å². The molecule has 1 aromatic carbocycles. The Morgan fingerprint density at radius 3 is 2.42 bits per heavy atom. The van der Waals surface area contributed by atoms with E-state index in [1.165, 1.54) is 0 Å². The van der Waals surface area contributed by atoms with Crippen molar-refractivity contribution < 1.29 is 4.79 Å². The molecule has 0 radical (unpaired) electrons. The number of allylic oxidation sites excluding steroid dienone is 1. The maximum atomic E-state index is 11.1. The van der Waals surface area contributed by atoms with Crippen LogP contribution in [0.5, 0.6) is 0 Å². The molecule has 0 saturated heterocycles. The molecule has 1 rings (SSSR count). The minimum Gasteiger partial charge on any atom is -0.299 e. The predicted molar refractivity (Wildman–Crippen MR) is 50.1 cm³/mol. The summed E-state index contributed by atoms with van der Waals surface area (Å²) in [6.45, 7) is 5.22. The standard InChI is InChI=1S/C11H12O/c1-3-11(9(2)12)10-7-5-4-6-8-10/h3-8,11H,1H2,2H3/t11-/m1/s1. The lowest BCUT2D eigenvalue weighted by atomic mass is 9.96. The summed E-state index contributed by atoms with van der Waals surface area (Å²) < 4.78 is 0. The van der Waals surface area contributed by atoms with Crippen LogP contribution in [0, 0.1) is 0 Å². The molecule has 0 fully saturated rings. The molecule has 0 unspecified atom stereocenters. The van der Waals surface area contributed by atoms with Gasteiger partial charge in [0.15, 0.2) is 0 Å². The van der Waals surface area contributed by atoms with Crippen LogP contribution in [0.25, 0.3) is 0 Å². The number of ketones is 1. The van der Waals surface area contributed by atoms with Gasteiger partial charge in [0.2, 0.25) is 0 Å². The van der Waals surface area contributed by atoms with Crippen molar-refractivity contribution >= 4 is 5.78 Å². The van der Waals surface area contributed by atoms with E-state index in [0.29, 0.717) is 0 Å². The molecule has 0 N–H and O–H groups in total. The minimum atomic E-state index is -0.147. The zero-order valence-electron chi connectivity index (χ0n) is 7.16. The second-order valence-electron chi connectivity index (χ2n) is 2.73. The molecular weight excluding hydrogens is 148 g/mol. The molecule has 12 heavy (non-hydrogen) atoms. The fraction of sp³-hybridized carbons (Fsp3) is 0.182. The molecule has 0 aliphatic rings. The second-order valence-corrected chi connectivity index (χ2v) is 2.73. The average Bonchev–Trinajstić information content (AvgIpc) is 2.07. The first-order valence-corrected chi connectivity index (χ1v) is 3.93. The molecule has 0 amide bonds. The van der Waals surface area contributed by atoms with Crippen LogP contribution in [-0.2, 0) is 4.79 Å². The van der Waals surface area contributed by atoms with Gasteiger partial charge in [0.1, 0.15) is 5.78 Å². The maximum Gasteiger partial charge on any atom is 0.141 e. The van der Waals surface area contributed by atoms with Gasteiger partial charge in [0.05, 0.1) is 5.92 Å². The van der Waals surface area contributed by atoms with Crippen molar-refractivity contribution in [2.24, 2.45) is 0 Å². The number of benzene rings is 1. The van der Waals surface area contributed by atoms with Gasteiger partial charge in [-0.05, 0) is 12.5 Å². The van der Waals surface area contributed by atoms with Crippen LogP contribution in [0.1, 0.15) is 18.4 Å². The molecule has 1 heteroatoms. The van der Waals surface area contributed by atoms with Crippen molar-refractivity contribution in [3.05, 3.63) is 48.6 Å². The highest BCUT2D eigenvalue weighted by molar-refractivity contribution is 5.85. The minimum absolute atomic E-state index is 0.135. The third-order valence-corrected chi connectivity index (χ3v) is 1.83. The summed E-state index contributed by atoms with van der Waals surface area (Å²) in [4.78, 5) is 11.1. The normalized spacial score (nSPS) is 12.1. The monoisotopic (exact) mass is 160 g/mol. The van der Waals surface area contributed by atoms with Crippen molar-refractivity contribution in [1.82, 2.24) is 0 Å². The summed E-state index contributed by atoms with van der Waals surface area (Å²) >= 11 is 0. The summed E-state index contributed by atoms with van der Waals surface area (Å²) in [6, 6.07) is 9.66. The van der Waals surface area contributed by atoms with Gasteiger partial charge in [-0.2, -0.15) is 0 Å². The molecule has 62 valence electrons. The lowest BCUT2D eigenvalue weighted by molar-refractivity contribution is -0.117. The van der Waals surface area contributed by atoms with Crippen LogP contribution in [-0.4, -0.2) is 5.78 Å². The summed E-state index contributed by atoms with van der Waals surface area (Å²) in [6.07, 6.45) is 1.68. The average molecular weight is 160 g/mol. The predicted octanol–water partition coefficient (Wildman–Crippen LogP) is 2.55.